The maximum atomic E-state index is 12.6. The molecule has 0 aliphatic heterocycles. The largest absolute Gasteiger partial charge is 0.416 e. The Kier molecular flexibility index (Phi) is 3.42. The van der Waals surface area contributed by atoms with Crippen molar-refractivity contribution in [3.8, 4) is 0 Å². The van der Waals surface area contributed by atoms with Crippen LogP contribution in [0.4, 0.5) is 13.2 Å². The quantitative estimate of drug-likeness (QED) is 0.694. The summed E-state index contributed by atoms with van der Waals surface area (Å²) >= 11 is 0. The molecule has 0 N–H and O–H groups in total. The molecule has 0 heterocycles. The summed E-state index contributed by atoms with van der Waals surface area (Å²) in [5, 5.41) is 0. The Balaban J connectivity index is 3.06. The molecule has 15 heavy (non-hydrogen) atoms. The van der Waals surface area contributed by atoms with Gasteiger partial charge in [-0.05, 0) is 36.5 Å². The maximum absolute atomic E-state index is 12.6. The highest BCUT2D eigenvalue weighted by Gasteiger charge is 2.32. The molecule has 1 aromatic rings. The minimum Gasteiger partial charge on any atom is -0.166 e. The van der Waals surface area contributed by atoms with Crippen molar-refractivity contribution in [2.45, 2.75) is 33.4 Å². The Morgan fingerprint density at radius 1 is 1.20 bits per heavy atom. The van der Waals surface area contributed by atoms with Gasteiger partial charge in [-0.3, -0.25) is 0 Å². The van der Waals surface area contributed by atoms with Gasteiger partial charge in [0.15, 0.2) is 0 Å². The van der Waals surface area contributed by atoms with Crippen LogP contribution in [0.1, 0.15) is 30.5 Å². The summed E-state index contributed by atoms with van der Waals surface area (Å²) in [4.78, 5) is 0. The third kappa shape index (κ3) is 3.26. The zero-order chi connectivity index (χ0) is 11.6. The maximum Gasteiger partial charge on any atom is 0.416 e. The molecule has 0 atom stereocenters. The van der Waals surface area contributed by atoms with E-state index in [1.165, 1.54) is 13.0 Å². The predicted molar refractivity (Wildman–Crippen MR) is 54.7 cm³/mol. The van der Waals surface area contributed by atoms with E-state index in [1.54, 1.807) is 12.1 Å². The van der Waals surface area contributed by atoms with Gasteiger partial charge < -0.3 is 0 Å². The average molecular weight is 216 g/mol. The normalized spacial score (nSPS) is 12.2. The van der Waals surface area contributed by atoms with E-state index in [-0.39, 0.29) is 5.56 Å². The monoisotopic (exact) mass is 216 g/mol. The Morgan fingerprint density at radius 2 is 1.80 bits per heavy atom. The Labute approximate surface area is 88.1 Å². The van der Waals surface area contributed by atoms with Crippen molar-refractivity contribution >= 4 is 0 Å². The van der Waals surface area contributed by atoms with E-state index in [0.29, 0.717) is 12.3 Å². The molecule has 0 aliphatic carbocycles. The molecule has 0 fully saturated rings. The van der Waals surface area contributed by atoms with Crippen LogP contribution in [0.3, 0.4) is 0 Å². The van der Waals surface area contributed by atoms with Crippen molar-refractivity contribution in [2.75, 3.05) is 0 Å². The van der Waals surface area contributed by atoms with Crippen molar-refractivity contribution in [1.82, 2.24) is 0 Å². The summed E-state index contributed by atoms with van der Waals surface area (Å²) < 4.78 is 37.7. The highest BCUT2D eigenvalue weighted by molar-refractivity contribution is 5.33. The van der Waals surface area contributed by atoms with Crippen LogP contribution < -0.4 is 0 Å². The molecule has 1 aromatic carbocycles. The summed E-state index contributed by atoms with van der Waals surface area (Å²) in [6.07, 6.45) is -3.56. The second-order valence-electron chi connectivity index (χ2n) is 4.25. The smallest absolute Gasteiger partial charge is 0.166 e. The molecule has 0 spiro atoms. The highest BCUT2D eigenvalue weighted by Crippen LogP contribution is 2.32. The lowest BCUT2D eigenvalue weighted by molar-refractivity contribution is -0.138. The Bertz CT molecular complexity index is 337. The fourth-order valence-electron chi connectivity index (χ4n) is 1.57. The lowest BCUT2D eigenvalue weighted by Crippen LogP contribution is -2.08. The first-order chi connectivity index (χ1) is 6.80. The number of halogens is 3. The molecule has 0 saturated carbocycles. The van der Waals surface area contributed by atoms with Gasteiger partial charge in [0.2, 0.25) is 0 Å². The predicted octanol–water partition coefficient (Wildman–Crippen LogP) is 4.21. The number of alkyl halides is 3. The van der Waals surface area contributed by atoms with Crippen molar-refractivity contribution in [2.24, 2.45) is 5.92 Å². The van der Waals surface area contributed by atoms with Crippen LogP contribution in [0.25, 0.3) is 0 Å². The van der Waals surface area contributed by atoms with E-state index in [4.69, 9.17) is 0 Å². The van der Waals surface area contributed by atoms with Crippen LogP contribution in [-0.2, 0) is 12.6 Å². The summed E-state index contributed by atoms with van der Waals surface area (Å²) in [6.45, 7) is 5.47. The van der Waals surface area contributed by atoms with Gasteiger partial charge in [0, 0.05) is 0 Å². The highest BCUT2D eigenvalue weighted by atomic mass is 19.4. The second kappa shape index (κ2) is 4.25. The Morgan fingerprint density at radius 3 is 2.27 bits per heavy atom. The van der Waals surface area contributed by atoms with Gasteiger partial charge in [-0.15, -0.1) is 0 Å². The first-order valence-electron chi connectivity index (χ1n) is 4.97. The standard InChI is InChI=1S/C12H15F3/c1-8(2)6-10-5-4-9(3)11(7-10)12(13,14)15/h4-5,7-8H,6H2,1-3H3. The van der Waals surface area contributed by atoms with Crippen LogP contribution in [-0.4, -0.2) is 0 Å². The molecule has 0 unspecified atom stereocenters. The van der Waals surface area contributed by atoms with Crippen molar-refractivity contribution < 1.29 is 13.2 Å². The average Bonchev–Trinajstić information content (AvgIpc) is 2.05. The number of rotatable bonds is 2. The van der Waals surface area contributed by atoms with Crippen LogP contribution >= 0.6 is 0 Å². The minimum atomic E-state index is -4.24. The summed E-state index contributed by atoms with van der Waals surface area (Å²) in [5.41, 5.74) is 0.526. The zero-order valence-electron chi connectivity index (χ0n) is 9.15. The van der Waals surface area contributed by atoms with Crippen molar-refractivity contribution in [3.63, 3.8) is 0 Å². The first-order valence-corrected chi connectivity index (χ1v) is 4.97. The van der Waals surface area contributed by atoms with Gasteiger partial charge in [0.1, 0.15) is 0 Å². The molecule has 0 aliphatic rings. The number of benzene rings is 1. The topological polar surface area (TPSA) is 0 Å². The van der Waals surface area contributed by atoms with E-state index in [9.17, 15) is 13.2 Å². The van der Waals surface area contributed by atoms with Gasteiger partial charge in [-0.2, -0.15) is 13.2 Å². The zero-order valence-corrected chi connectivity index (χ0v) is 9.15. The Hall–Kier alpha value is -0.990. The summed E-state index contributed by atoms with van der Waals surface area (Å²) in [7, 11) is 0. The fraction of sp³-hybridized carbons (Fsp3) is 0.500. The molecule has 0 radical (unpaired) electrons. The molecule has 0 bridgehead atoms. The fourth-order valence-corrected chi connectivity index (χ4v) is 1.57. The number of hydrogen-bond donors (Lipinski definition) is 0. The third-order valence-corrected chi connectivity index (χ3v) is 2.25. The minimum absolute atomic E-state index is 0.287. The number of hydrogen-bond acceptors (Lipinski definition) is 0. The molecule has 0 saturated heterocycles. The molecule has 3 heteroatoms. The molecule has 0 amide bonds. The molecular weight excluding hydrogens is 201 g/mol. The second-order valence-corrected chi connectivity index (χ2v) is 4.25. The summed E-state index contributed by atoms with van der Waals surface area (Å²) in [5.74, 6) is 0.369. The van der Waals surface area contributed by atoms with Gasteiger partial charge in [0.05, 0.1) is 5.56 Å². The van der Waals surface area contributed by atoms with E-state index >= 15 is 0 Å². The van der Waals surface area contributed by atoms with Gasteiger partial charge in [-0.25, -0.2) is 0 Å². The molecule has 1 rings (SSSR count). The molecular formula is C12H15F3. The van der Waals surface area contributed by atoms with Gasteiger partial charge in [0.25, 0.3) is 0 Å². The molecule has 84 valence electrons. The SMILES string of the molecule is Cc1ccc(CC(C)C)cc1C(F)(F)F. The van der Waals surface area contributed by atoms with Crippen molar-refractivity contribution in [1.29, 1.82) is 0 Å². The summed E-state index contributed by atoms with van der Waals surface area (Å²) in [6, 6.07) is 4.57. The van der Waals surface area contributed by atoms with E-state index in [1.807, 2.05) is 13.8 Å². The number of aryl methyl sites for hydroxylation is 1. The first kappa shape index (κ1) is 12.1. The lowest BCUT2D eigenvalue weighted by Gasteiger charge is -2.13. The van der Waals surface area contributed by atoms with Crippen LogP contribution in [0.15, 0.2) is 18.2 Å². The third-order valence-electron chi connectivity index (χ3n) is 2.25. The molecule has 0 aromatic heterocycles. The van der Waals surface area contributed by atoms with E-state index in [0.717, 1.165) is 5.56 Å². The molecule has 0 nitrogen and oxygen atoms in total. The van der Waals surface area contributed by atoms with Crippen LogP contribution in [0, 0.1) is 12.8 Å². The lowest BCUT2D eigenvalue weighted by atomic mass is 9.98. The van der Waals surface area contributed by atoms with E-state index < -0.39 is 11.7 Å². The van der Waals surface area contributed by atoms with Crippen LogP contribution in [0.5, 0.6) is 0 Å². The van der Waals surface area contributed by atoms with Crippen LogP contribution in [0.2, 0.25) is 0 Å². The van der Waals surface area contributed by atoms with Gasteiger partial charge in [-0.1, -0.05) is 26.0 Å². The van der Waals surface area contributed by atoms with E-state index in [2.05, 4.69) is 0 Å². The van der Waals surface area contributed by atoms with Gasteiger partial charge >= 0.3 is 6.18 Å². The van der Waals surface area contributed by atoms with Crippen molar-refractivity contribution in [3.05, 3.63) is 34.9 Å².